The van der Waals surface area contributed by atoms with Gasteiger partial charge in [0.1, 0.15) is 0 Å². The first-order chi connectivity index (χ1) is 12.5. The fraction of sp³-hybridized carbons (Fsp3) is 0.278. The van der Waals surface area contributed by atoms with Crippen molar-refractivity contribution in [3.8, 4) is 10.7 Å². The molecule has 0 aliphatic heterocycles. The smallest absolute Gasteiger partial charge is 0.222 e. The van der Waals surface area contributed by atoms with E-state index in [2.05, 4.69) is 15.5 Å². The summed E-state index contributed by atoms with van der Waals surface area (Å²) in [6.45, 7) is 2.45. The normalized spacial score (nSPS) is 12.1. The molecule has 0 unspecified atom stereocenters. The summed E-state index contributed by atoms with van der Waals surface area (Å²) in [5, 5.41) is 12.8. The van der Waals surface area contributed by atoms with Crippen LogP contribution in [-0.4, -0.2) is 26.7 Å². The fourth-order valence-corrected chi connectivity index (χ4v) is 3.88. The Bertz CT molecular complexity index is 933. The highest BCUT2D eigenvalue weighted by atomic mass is 35.5. The first kappa shape index (κ1) is 18.8. The number of thiophene rings is 1. The Morgan fingerprint density at radius 1 is 1.38 bits per heavy atom. The van der Waals surface area contributed by atoms with Crippen LogP contribution < -0.4 is 5.32 Å². The van der Waals surface area contributed by atoms with Crippen LogP contribution in [-0.2, 0) is 17.8 Å². The molecule has 0 aliphatic rings. The molecule has 26 heavy (non-hydrogen) atoms. The molecule has 2 N–H and O–H groups in total. The van der Waals surface area contributed by atoms with E-state index in [9.17, 15) is 4.79 Å². The number of hydrogen-bond donors (Lipinski definition) is 2. The second kappa shape index (κ2) is 8.62. The number of carbonyl (C=O) groups excluding carboxylic acids is 1. The molecule has 0 spiro atoms. The lowest BCUT2D eigenvalue weighted by Gasteiger charge is -2.15. The molecule has 136 valence electrons. The Balaban J connectivity index is 1.57. The second-order valence-electron chi connectivity index (χ2n) is 6.00. The topological polar surface area (TPSA) is 62.7 Å². The van der Waals surface area contributed by atoms with E-state index in [4.69, 9.17) is 23.8 Å². The van der Waals surface area contributed by atoms with Gasteiger partial charge >= 0.3 is 0 Å². The summed E-state index contributed by atoms with van der Waals surface area (Å²) < 4.78 is 2.38. The molecule has 3 aromatic rings. The van der Waals surface area contributed by atoms with Gasteiger partial charge in [0.25, 0.3) is 0 Å². The average molecular weight is 407 g/mol. The Kier molecular flexibility index (Phi) is 6.24. The van der Waals surface area contributed by atoms with Crippen molar-refractivity contribution < 1.29 is 4.79 Å². The number of carbonyl (C=O) groups is 1. The Morgan fingerprint density at radius 2 is 2.19 bits per heavy atom. The number of hydrogen-bond acceptors (Lipinski definition) is 4. The van der Waals surface area contributed by atoms with E-state index >= 15 is 0 Å². The van der Waals surface area contributed by atoms with Crippen LogP contribution in [0, 0.1) is 4.77 Å². The monoisotopic (exact) mass is 406 g/mol. The number of rotatable bonds is 7. The summed E-state index contributed by atoms with van der Waals surface area (Å²) in [4.78, 5) is 13.3. The van der Waals surface area contributed by atoms with E-state index in [0.29, 0.717) is 24.2 Å². The summed E-state index contributed by atoms with van der Waals surface area (Å²) in [6, 6.07) is 11.6. The van der Waals surface area contributed by atoms with Crippen molar-refractivity contribution in [1.82, 2.24) is 20.1 Å². The molecule has 0 saturated carbocycles. The molecule has 0 radical (unpaired) electrons. The van der Waals surface area contributed by atoms with Crippen molar-refractivity contribution in [2.45, 2.75) is 32.4 Å². The van der Waals surface area contributed by atoms with Crippen molar-refractivity contribution >= 4 is 41.1 Å². The van der Waals surface area contributed by atoms with Crippen LogP contribution in [0.15, 0.2) is 41.8 Å². The van der Waals surface area contributed by atoms with Gasteiger partial charge in [-0.2, -0.15) is 5.10 Å². The molecule has 1 aromatic carbocycles. The number of H-pyrrole nitrogens is 1. The van der Waals surface area contributed by atoms with E-state index in [-0.39, 0.29) is 11.9 Å². The predicted octanol–water partition coefficient (Wildman–Crippen LogP) is 4.46. The van der Waals surface area contributed by atoms with Crippen LogP contribution in [0.3, 0.4) is 0 Å². The average Bonchev–Trinajstić information content (AvgIpc) is 3.24. The van der Waals surface area contributed by atoms with Gasteiger partial charge < -0.3 is 5.32 Å². The zero-order valence-corrected chi connectivity index (χ0v) is 16.6. The zero-order valence-electron chi connectivity index (χ0n) is 14.2. The third-order valence-corrected chi connectivity index (χ3v) is 5.50. The van der Waals surface area contributed by atoms with E-state index in [1.54, 1.807) is 11.3 Å². The minimum atomic E-state index is -0.0233. The molecule has 0 bridgehead atoms. The number of halogens is 1. The van der Waals surface area contributed by atoms with Gasteiger partial charge in [-0.1, -0.05) is 35.9 Å². The first-order valence-corrected chi connectivity index (χ1v) is 9.93. The Morgan fingerprint density at radius 3 is 2.92 bits per heavy atom. The third-order valence-electron chi connectivity index (χ3n) is 3.95. The number of nitrogens with one attached hydrogen (secondary N) is 2. The van der Waals surface area contributed by atoms with Gasteiger partial charge in [-0.05, 0) is 48.6 Å². The summed E-state index contributed by atoms with van der Waals surface area (Å²) in [5.41, 5.74) is 1.03. The molecule has 1 amide bonds. The maximum atomic E-state index is 12.3. The molecular weight excluding hydrogens is 388 g/mol. The van der Waals surface area contributed by atoms with E-state index in [0.717, 1.165) is 21.3 Å². The summed E-state index contributed by atoms with van der Waals surface area (Å²) in [5.74, 6) is 0.742. The minimum absolute atomic E-state index is 0.00325. The van der Waals surface area contributed by atoms with E-state index in [1.807, 2.05) is 53.3 Å². The number of aromatic amines is 1. The molecule has 8 heteroatoms. The quantitative estimate of drug-likeness (QED) is 0.569. The lowest BCUT2D eigenvalue weighted by Crippen LogP contribution is -2.34. The summed E-state index contributed by atoms with van der Waals surface area (Å²) in [7, 11) is 0. The number of nitrogens with zero attached hydrogens (tertiary/aromatic N) is 2. The molecule has 0 aliphatic carbocycles. The largest absolute Gasteiger partial charge is 0.353 e. The van der Waals surface area contributed by atoms with Gasteiger partial charge in [0.2, 0.25) is 5.91 Å². The van der Waals surface area contributed by atoms with Gasteiger partial charge in [-0.25, -0.2) is 0 Å². The van der Waals surface area contributed by atoms with Gasteiger partial charge in [0.15, 0.2) is 10.6 Å². The van der Waals surface area contributed by atoms with Crippen molar-refractivity contribution in [3.05, 3.63) is 57.1 Å². The highest BCUT2D eigenvalue weighted by Crippen LogP contribution is 2.23. The first-order valence-electron chi connectivity index (χ1n) is 8.26. The molecular formula is C18H19ClN4OS2. The van der Waals surface area contributed by atoms with Crippen LogP contribution in [0.4, 0.5) is 0 Å². The lowest BCUT2D eigenvalue weighted by molar-refractivity contribution is -0.121. The standard InChI is InChI=1S/C18H19ClN4OS2/c1-12(11-13-5-2-3-6-14(13)19)20-16(24)8-9-23-17(21-22-18(23)25)15-7-4-10-26-15/h2-7,10,12H,8-9,11H2,1H3,(H,20,24)(H,22,25)/t12-/m1/s1. The van der Waals surface area contributed by atoms with Crippen LogP contribution >= 0.6 is 35.2 Å². The molecule has 0 fully saturated rings. The van der Waals surface area contributed by atoms with Crippen LogP contribution in [0.5, 0.6) is 0 Å². The number of aromatic nitrogens is 3. The van der Waals surface area contributed by atoms with Crippen LogP contribution in [0.2, 0.25) is 5.02 Å². The number of amides is 1. The van der Waals surface area contributed by atoms with Crippen LogP contribution in [0.1, 0.15) is 18.9 Å². The minimum Gasteiger partial charge on any atom is -0.353 e. The predicted molar refractivity (Wildman–Crippen MR) is 108 cm³/mol. The van der Waals surface area contributed by atoms with Crippen LogP contribution in [0.25, 0.3) is 10.7 Å². The molecule has 3 rings (SSSR count). The third kappa shape index (κ3) is 4.60. The number of benzene rings is 1. The van der Waals surface area contributed by atoms with Crippen molar-refractivity contribution in [2.75, 3.05) is 0 Å². The summed E-state index contributed by atoms with van der Waals surface area (Å²) >= 11 is 13.1. The Labute approximate surface area is 166 Å². The molecule has 2 aromatic heterocycles. The van der Waals surface area contributed by atoms with Gasteiger partial charge in [-0.15, -0.1) is 11.3 Å². The molecule has 5 nitrogen and oxygen atoms in total. The molecule has 1 atom stereocenters. The second-order valence-corrected chi connectivity index (χ2v) is 7.74. The lowest BCUT2D eigenvalue weighted by atomic mass is 10.1. The maximum Gasteiger partial charge on any atom is 0.222 e. The SMILES string of the molecule is C[C@H](Cc1ccccc1Cl)NC(=O)CCn1c(-c2cccs2)n[nH]c1=S. The Hall–Kier alpha value is -1.96. The van der Waals surface area contributed by atoms with E-state index < -0.39 is 0 Å². The zero-order chi connectivity index (χ0) is 18.5. The van der Waals surface area contributed by atoms with Crippen molar-refractivity contribution in [1.29, 1.82) is 0 Å². The van der Waals surface area contributed by atoms with Gasteiger partial charge in [0, 0.05) is 24.0 Å². The fourth-order valence-electron chi connectivity index (χ4n) is 2.72. The highest BCUT2D eigenvalue weighted by Gasteiger charge is 2.13. The maximum absolute atomic E-state index is 12.3. The van der Waals surface area contributed by atoms with Crippen molar-refractivity contribution in [3.63, 3.8) is 0 Å². The highest BCUT2D eigenvalue weighted by molar-refractivity contribution is 7.71. The molecule has 0 saturated heterocycles. The van der Waals surface area contributed by atoms with Gasteiger partial charge in [-0.3, -0.25) is 14.5 Å². The van der Waals surface area contributed by atoms with Gasteiger partial charge in [0.05, 0.1) is 4.88 Å². The van der Waals surface area contributed by atoms with Crippen molar-refractivity contribution in [2.24, 2.45) is 0 Å². The van der Waals surface area contributed by atoms with E-state index in [1.165, 1.54) is 0 Å². The summed E-state index contributed by atoms with van der Waals surface area (Å²) in [6.07, 6.45) is 1.02. The molecule has 2 heterocycles.